The van der Waals surface area contributed by atoms with E-state index >= 15 is 0 Å². The first-order chi connectivity index (χ1) is 12.4. The van der Waals surface area contributed by atoms with Crippen LogP contribution in [0.5, 0.6) is 0 Å². The zero-order valence-electron chi connectivity index (χ0n) is 15.7. The lowest BCUT2D eigenvalue weighted by atomic mass is 10.0. The lowest BCUT2D eigenvalue weighted by molar-refractivity contribution is -0.148. The van der Waals surface area contributed by atoms with E-state index < -0.39 is 12.1 Å². The second kappa shape index (κ2) is 8.99. The highest BCUT2D eigenvalue weighted by molar-refractivity contribution is 5.97. The van der Waals surface area contributed by atoms with E-state index in [4.69, 9.17) is 4.74 Å². The van der Waals surface area contributed by atoms with Gasteiger partial charge < -0.3 is 10.1 Å². The number of hydrogen-bond donors (Lipinski definition) is 1. The Kier molecular flexibility index (Phi) is 6.73. The van der Waals surface area contributed by atoms with Gasteiger partial charge in [-0.1, -0.05) is 61.9 Å². The summed E-state index contributed by atoms with van der Waals surface area (Å²) < 4.78 is 5.20. The van der Waals surface area contributed by atoms with E-state index in [0.717, 1.165) is 22.4 Å². The van der Waals surface area contributed by atoms with Gasteiger partial charge in [-0.05, 0) is 43.0 Å². The minimum absolute atomic E-state index is 0.279. The number of esters is 1. The molecule has 2 aromatic rings. The van der Waals surface area contributed by atoms with E-state index in [9.17, 15) is 9.59 Å². The Morgan fingerprint density at radius 3 is 2.46 bits per heavy atom. The quantitative estimate of drug-likeness (QED) is 0.606. The molecule has 0 spiro atoms. The minimum Gasteiger partial charge on any atom is -0.449 e. The Balaban J connectivity index is 1.95. The average Bonchev–Trinajstić information content (AvgIpc) is 2.60. The predicted molar refractivity (Wildman–Crippen MR) is 105 cm³/mol. The van der Waals surface area contributed by atoms with Crippen molar-refractivity contribution in [2.45, 2.75) is 39.7 Å². The smallest absolute Gasteiger partial charge is 0.331 e. The van der Waals surface area contributed by atoms with Crippen LogP contribution in [0.4, 0.5) is 5.69 Å². The van der Waals surface area contributed by atoms with Crippen molar-refractivity contribution in [2.75, 3.05) is 5.32 Å². The van der Waals surface area contributed by atoms with Crippen molar-refractivity contribution < 1.29 is 14.3 Å². The lowest BCUT2D eigenvalue weighted by Crippen LogP contribution is -2.29. The molecule has 0 saturated heterocycles. The molecule has 0 unspecified atom stereocenters. The van der Waals surface area contributed by atoms with Crippen LogP contribution in [0, 0.1) is 6.92 Å². The summed E-state index contributed by atoms with van der Waals surface area (Å²) in [7, 11) is 0. The third kappa shape index (κ3) is 5.59. The van der Waals surface area contributed by atoms with E-state index in [1.165, 1.54) is 6.08 Å². The van der Waals surface area contributed by atoms with Crippen LogP contribution in [-0.2, 0) is 14.3 Å². The van der Waals surface area contributed by atoms with E-state index in [0.29, 0.717) is 0 Å². The zero-order valence-corrected chi connectivity index (χ0v) is 15.7. The fraction of sp³-hybridized carbons (Fsp3) is 0.273. The summed E-state index contributed by atoms with van der Waals surface area (Å²) in [5, 5.41) is 2.84. The van der Waals surface area contributed by atoms with E-state index in [1.807, 2.05) is 55.5 Å². The summed E-state index contributed by atoms with van der Waals surface area (Å²) in [5.41, 5.74) is 3.80. The molecule has 0 radical (unpaired) electrons. The first kappa shape index (κ1) is 19.4. The number of ether oxygens (including phenoxy) is 1. The van der Waals surface area contributed by atoms with Gasteiger partial charge in [0.15, 0.2) is 6.10 Å². The molecule has 1 N–H and O–H groups in total. The van der Waals surface area contributed by atoms with Gasteiger partial charge >= 0.3 is 5.97 Å². The number of amides is 1. The number of para-hydroxylation sites is 1. The predicted octanol–water partition coefficient (Wildman–Crippen LogP) is 4.70. The number of benzene rings is 2. The molecular weight excluding hydrogens is 326 g/mol. The van der Waals surface area contributed by atoms with Gasteiger partial charge in [-0.3, -0.25) is 4.79 Å². The monoisotopic (exact) mass is 351 g/mol. The summed E-state index contributed by atoms with van der Waals surface area (Å²) >= 11 is 0. The summed E-state index contributed by atoms with van der Waals surface area (Å²) in [4.78, 5) is 24.3. The number of anilines is 1. The maximum Gasteiger partial charge on any atom is 0.331 e. The van der Waals surface area contributed by atoms with Crippen LogP contribution in [0.3, 0.4) is 0 Å². The Labute approximate surface area is 154 Å². The molecule has 0 aromatic heterocycles. The molecule has 26 heavy (non-hydrogen) atoms. The highest BCUT2D eigenvalue weighted by Crippen LogP contribution is 2.23. The van der Waals surface area contributed by atoms with Crippen molar-refractivity contribution in [3.8, 4) is 0 Å². The third-order valence-corrected chi connectivity index (χ3v) is 3.96. The van der Waals surface area contributed by atoms with Crippen LogP contribution in [0.1, 0.15) is 43.4 Å². The Morgan fingerprint density at radius 1 is 1.04 bits per heavy atom. The number of carbonyl (C=O) groups excluding carboxylic acids is 2. The molecule has 4 heteroatoms. The van der Waals surface area contributed by atoms with Crippen molar-refractivity contribution in [2.24, 2.45) is 0 Å². The fourth-order valence-electron chi connectivity index (χ4n) is 2.55. The van der Waals surface area contributed by atoms with Crippen LogP contribution >= 0.6 is 0 Å². The molecule has 4 nitrogen and oxygen atoms in total. The average molecular weight is 351 g/mol. The molecule has 136 valence electrons. The Hall–Kier alpha value is -2.88. The number of rotatable bonds is 6. The van der Waals surface area contributed by atoms with Gasteiger partial charge in [-0.25, -0.2) is 4.79 Å². The molecule has 0 aliphatic heterocycles. The van der Waals surface area contributed by atoms with Crippen LogP contribution in [0.2, 0.25) is 0 Å². The maximum atomic E-state index is 12.3. The van der Waals surface area contributed by atoms with Gasteiger partial charge in [0.1, 0.15) is 0 Å². The van der Waals surface area contributed by atoms with Crippen molar-refractivity contribution in [1.82, 2.24) is 0 Å². The molecule has 0 heterocycles. The van der Waals surface area contributed by atoms with Gasteiger partial charge in [0.2, 0.25) is 0 Å². The van der Waals surface area contributed by atoms with Crippen molar-refractivity contribution >= 4 is 23.6 Å². The second-order valence-corrected chi connectivity index (χ2v) is 6.56. The molecule has 0 aliphatic carbocycles. The second-order valence-electron chi connectivity index (χ2n) is 6.56. The van der Waals surface area contributed by atoms with Crippen molar-refractivity contribution in [3.05, 3.63) is 71.3 Å². The molecule has 1 atom stereocenters. The maximum absolute atomic E-state index is 12.3. The molecule has 0 saturated carbocycles. The minimum atomic E-state index is -0.884. The summed E-state index contributed by atoms with van der Waals surface area (Å²) in [6.07, 6.45) is 2.12. The molecule has 0 aliphatic rings. The fourth-order valence-corrected chi connectivity index (χ4v) is 2.55. The van der Waals surface area contributed by atoms with Crippen LogP contribution < -0.4 is 5.32 Å². The SMILES string of the molecule is Cc1cccc(/C=C/C(=O)O[C@@H](C)C(=O)Nc2ccccc2C(C)C)c1. The summed E-state index contributed by atoms with van der Waals surface area (Å²) in [6.45, 7) is 7.66. The van der Waals surface area contributed by atoms with Crippen LogP contribution in [0.25, 0.3) is 6.08 Å². The zero-order chi connectivity index (χ0) is 19.1. The Morgan fingerprint density at radius 2 is 1.77 bits per heavy atom. The number of hydrogen-bond acceptors (Lipinski definition) is 3. The lowest BCUT2D eigenvalue weighted by Gasteiger charge is -2.16. The number of aryl methyl sites for hydroxylation is 1. The van der Waals surface area contributed by atoms with Gasteiger partial charge in [-0.2, -0.15) is 0 Å². The van der Waals surface area contributed by atoms with E-state index in [-0.39, 0.29) is 11.8 Å². The highest BCUT2D eigenvalue weighted by atomic mass is 16.5. The summed E-state index contributed by atoms with van der Waals surface area (Å²) in [6, 6.07) is 15.4. The van der Waals surface area contributed by atoms with Gasteiger partial charge in [-0.15, -0.1) is 0 Å². The van der Waals surface area contributed by atoms with Crippen LogP contribution in [0.15, 0.2) is 54.6 Å². The third-order valence-electron chi connectivity index (χ3n) is 3.96. The first-order valence-corrected chi connectivity index (χ1v) is 8.72. The van der Waals surface area contributed by atoms with Gasteiger partial charge in [0.25, 0.3) is 5.91 Å². The van der Waals surface area contributed by atoms with Gasteiger partial charge in [0, 0.05) is 11.8 Å². The molecule has 2 rings (SSSR count). The van der Waals surface area contributed by atoms with Crippen molar-refractivity contribution in [3.63, 3.8) is 0 Å². The summed E-state index contributed by atoms with van der Waals surface area (Å²) in [5.74, 6) is -0.622. The molecule has 1 amide bonds. The normalized spacial score (nSPS) is 12.2. The largest absolute Gasteiger partial charge is 0.449 e. The first-order valence-electron chi connectivity index (χ1n) is 8.72. The standard InChI is InChI=1S/C22H25NO3/c1-15(2)19-10-5-6-11-20(19)23-22(25)17(4)26-21(24)13-12-18-9-7-8-16(3)14-18/h5-15,17H,1-4H3,(H,23,25)/b13-12+/t17-/m0/s1. The van der Waals surface area contributed by atoms with Crippen LogP contribution in [-0.4, -0.2) is 18.0 Å². The molecular formula is C22H25NO3. The highest BCUT2D eigenvalue weighted by Gasteiger charge is 2.18. The molecule has 2 aromatic carbocycles. The van der Waals surface area contributed by atoms with Gasteiger partial charge in [0.05, 0.1) is 0 Å². The molecule has 0 bridgehead atoms. The molecule has 0 fully saturated rings. The number of carbonyl (C=O) groups is 2. The van der Waals surface area contributed by atoms with E-state index in [1.54, 1.807) is 13.0 Å². The Bertz CT molecular complexity index is 809. The number of nitrogens with one attached hydrogen (secondary N) is 1. The topological polar surface area (TPSA) is 55.4 Å². The van der Waals surface area contributed by atoms with Crippen molar-refractivity contribution in [1.29, 1.82) is 0 Å². The van der Waals surface area contributed by atoms with E-state index in [2.05, 4.69) is 19.2 Å².